The average Bonchev–Trinajstić information content (AvgIpc) is 3.16. The Kier molecular flexibility index (Phi) is 6.00. The van der Waals surface area contributed by atoms with E-state index in [4.69, 9.17) is 0 Å². The first kappa shape index (κ1) is 17.4. The van der Waals surface area contributed by atoms with Crippen molar-refractivity contribution in [1.82, 2.24) is 30.1 Å². The minimum absolute atomic E-state index is 0.136. The zero-order valence-corrected chi connectivity index (χ0v) is 14.7. The van der Waals surface area contributed by atoms with E-state index in [1.54, 1.807) is 18.7 Å². The van der Waals surface area contributed by atoms with Crippen molar-refractivity contribution in [3.8, 4) is 5.82 Å². The predicted molar refractivity (Wildman–Crippen MR) is 96.5 cm³/mol. The molecule has 1 unspecified atom stereocenters. The van der Waals surface area contributed by atoms with Crippen LogP contribution in [0.4, 0.5) is 4.79 Å². The van der Waals surface area contributed by atoms with Crippen LogP contribution in [0.15, 0.2) is 37.1 Å². The summed E-state index contributed by atoms with van der Waals surface area (Å²) in [6.45, 7) is 5.70. The van der Waals surface area contributed by atoms with Gasteiger partial charge in [-0.05, 0) is 44.5 Å². The summed E-state index contributed by atoms with van der Waals surface area (Å²) in [4.78, 5) is 22.9. The molecule has 2 aromatic rings. The van der Waals surface area contributed by atoms with E-state index in [0.717, 1.165) is 31.0 Å². The van der Waals surface area contributed by atoms with Gasteiger partial charge in [-0.15, -0.1) is 0 Å². The first-order chi connectivity index (χ1) is 12.2. The summed E-state index contributed by atoms with van der Waals surface area (Å²) in [5.41, 5.74) is 0.961. The van der Waals surface area contributed by atoms with E-state index >= 15 is 0 Å². The SMILES string of the molecule is CC(CN1CCCCC1)NC(=O)NCc1ccc(-n2ccnc2)nc1. The number of urea groups is 1. The molecular weight excluding hydrogens is 316 g/mol. The number of hydrogen-bond donors (Lipinski definition) is 2. The normalized spacial score (nSPS) is 16.4. The zero-order valence-electron chi connectivity index (χ0n) is 14.7. The lowest BCUT2D eigenvalue weighted by Crippen LogP contribution is -2.46. The minimum Gasteiger partial charge on any atom is -0.334 e. The highest BCUT2D eigenvalue weighted by atomic mass is 16.2. The highest BCUT2D eigenvalue weighted by molar-refractivity contribution is 5.74. The Morgan fingerprint density at radius 3 is 2.80 bits per heavy atom. The summed E-state index contributed by atoms with van der Waals surface area (Å²) in [6.07, 6.45) is 10.9. The Bertz CT molecular complexity index is 649. The number of amides is 2. The van der Waals surface area contributed by atoms with Gasteiger partial charge < -0.3 is 15.5 Å². The number of aromatic nitrogens is 3. The molecule has 0 radical (unpaired) electrons. The molecule has 1 saturated heterocycles. The first-order valence-electron chi connectivity index (χ1n) is 8.91. The standard InChI is InChI=1S/C18H26N6O/c1-15(13-23-8-3-2-4-9-23)22-18(25)21-12-16-5-6-17(20-11-16)24-10-7-19-14-24/h5-7,10-11,14-15H,2-4,8-9,12-13H2,1H3,(H2,21,22,25). The van der Waals surface area contributed by atoms with Gasteiger partial charge in [0.2, 0.25) is 0 Å². The topological polar surface area (TPSA) is 75.1 Å². The second kappa shape index (κ2) is 8.62. The fraction of sp³-hybridized carbons (Fsp3) is 0.500. The molecule has 1 fully saturated rings. The van der Waals surface area contributed by atoms with Gasteiger partial charge in [0.15, 0.2) is 0 Å². The maximum Gasteiger partial charge on any atom is 0.315 e. The van der Waals surface area contributed by atoms with E-state index in [0.29, 0.717) is 6.54 Å². The maximum atomic E-state index is 12.0. The zero-order chi connectivity index (χ0) is 17.5. The van der Waals surface area contributed by atoms with Gasteiger partial charge in [0.25, 0.3) is 0 Å². The van der Waals surface area contributed by atoms with Crippen molar-refractivity contribution in [2.45, 2.75) is 38.8 Å². The second-order valence-electron chi connectivity index (χ2n) is 6.58. The molecule has 3 rings (SSSR count). The van der Waals surface area contributed by atoms with Crippen molar-refractivity contribution in [2.75, 3.05) is 19.6 Å². The summed E-state index contributed by atoms with van der Waals surface area (Å²) in [6, 6.07) is 3.87. The van der Waals surface area contributed by atoms with E-state index in [9.17, 15) is 4.79 Å². The number of hydrogen-bond acceptors (Lipinski definition) is 4. The maximum absolute atomic E-state index is 12.0. The van der Waals surface area contributed by atoms with Crippen LogP contribution in [-0.2, 0) is 6.54 Å². The van der Waals surface area contributed by atoms with Crippen molar-refractivity contribution >= 4 is 6.03 Å². The van der Waals surface area contributed by atoms with Crippen LogP contribution in [0.25, 0.3) is 5.82 Å². The molecule has 3 heterocycles. The molecule has 0 bridgehead atoms. The van der Waals surface area contributed by atoms with Crippen molar-refractivity contribution in [3.05, 3.63) is 42.6 Å². The molecule has 2 N–H and O–H groups in total. The van der Waals surface area contributed by atoms with E-state index in [1.165, 1.54) is 19.3 Å². The highest BCUT2D eigenvalue weighted by Gasteiger charge is 2.14. The fourth-order valence-electron chi connectivity index (χ4n) is 3.10. The Balaban J connectivity index is 1.41. The van der Waals surface area contributed by atoms with E-state index in [2.05, 4.69) is 32.4 Å². The lowest BCUT2D eigenvalue weighted by Gasteiger charge is -2.29. The number of imidazole rings is 1. The molecule has 0 saturated carbocycles. The second-order valence-corrected chi connectivity index (χ2v) is 6.58. The van der Waals surface area contributed by atoms with E-state index in [-0.39, 0.29) is 12.1 Å². The molecule has 1 atom stereocenters. The van der Waals surface area contributed by atoms with Crippen LogP contribution in [-0.4, -0.2) is 51.1 Å². The van der Waals surface area contributed by atoms with Gasteiger partial charge in [-0.25, -0.2) is 14.8 Å². The summed E-state index contributed by atoms with van der Waals surface area (Å²) in [5.74, 6) is 0.806. The van der Waals surface area contributed by atoms with Crippen LogP contribution in [0.3, 0.4) is 0 Å². The summed E-state index contributed by atoms with van der Waals surface area (Å²) in [7, 11) is 0. The molecule has 7 heteroatoms. The highest BCUT2D eigenvalue weighted by Crippen LogP contribution is 2.09. The van der Waals surface area contributed by atoms with Crippen LogP contribution in [0.5, 0.6) is 0 Å². The van der Waals surface area contributed by atoms with Gasteiger partial charge in [0, 0.05) is 37.7 Å². The number of carbonyl (C=O) groups excluding carboxylic acids is 1. The number of nitrogens with zero attached hydrogens (tertiary/aromatic N) is 4. The Hall–Kier alpha value is -2.41. The summed E-state index contributed by atoms with van der Waals surface area (Å²) in [5, 5.41) is 5.90. The number of piperidine rings is 1. The Morgan fingerprint density at radius 1 is 1.28 bits per heavy atom. The molecule has 0 aromatic carbocycles. The van der Waals surface area contributed by atoms with Crippen LogP contribution in [0.2, 0.25) is 0 Å². The van der Waals surface area contributed by atoms with Gasteiger partial charge in [-0.3, -0.25) is 4.57 Å². The van der Waals surface area contributed by atoms with Crippen LogP contribution < -0.4 is 10.6 Å². The lowest BCUT2D eigenvalue weighted by atomic mass is 10.1. The monoisotopic (exact) mass is 342 g/mol. The van der Waals surface area contributed by atoms with Gasteiger partial charge in [-0.1, -0.05) is 12.5 Å². The number of nitrogens with one attached hydrogen (secondary N) is 2. The number of rotatable bonds is 6. The third-order valence-corrected chi connectivity index (χ3v) is 4.39. The molecule has 1 aliphatic heterocycles. The summed E-state index contributed by atoms with van der Waals surface area (Å²) >= 11 is 0. The average molecular weight is 342 g/mol. The van der Waals surface area contributed by atoms with Crippen LogP contribution >= 0.6 is 0 Å². The molecule has 1 aliphatic rings. The third kappa shape index (κ3) is 5.29. The number of pyridine rings is 1. The van der Waals surface area contributed by atoms with Gasteiger partial charge >= 0.3 is 6.03 Å². The van der Waals surface area contributed by atoms with Crippen molar-refractivity contribution in [3.63, 3.8) is 0 Å². The number of likely N-dealkylation sites (tertiary alicyclic amines) is 1. The van der Waals surface area contributed by atoms with Crippen LogP contribution in [0, 0.1) is 0 Å². The van der Waals surface area contributed by atoms with Crippen molar-refractivity contribution in [2.24, 2.45) is 0 Å². The van der Waals surface area contributed by atoms with Crippen molar-refractivity contribution in [1.29, 1.82) is 0 Å². The van der Waals surface area contributed by atoms with Gasteiger partial charge in [-0.2, -0.15) is 0 Å². The molecule has 2 amide bonds. The predicted octanol–water partition coefficient (Wildman–Crippen LogP) is 1.94. The largest absolute Gasteiger partial charge is 0.334 e. The first-order valence-corrected chi connectivity index (χ1v) is 8.91. The van der Waals surface area contributed by atoms with E-state index in [1.807, 2.05) is 22.9 Å². The minimum atomic E-state index is -0.136. The van der Waals surface area contributed by atoms with Crippen molar-refractivity contribution < 1.29 is 4.79 Å². The van der Waals surface area contributed by atoms with E-state index < -0.39 is 0 Å². The molecule has 0 spiro atoms. The van der Waals surface area contributed by atoms with Gasteiger partial charge in [0.05, 0.1) is 0 Å². The van der Waals surface area contributed by atoms with Gasteiger partial charge in [0.1, 0.15) is 12.1 Å². The number of carbonyl (C=O) groups is 1. The molecule has 0 aliphatic carbocycles. The van der Waals surface area contributed by atoms with Crippen LogP contribution in [0.1, 0.15) is 31.7 Å². The fourth-order valence-corrected chi connectivity index (χ4v) is 3.10. The molecule has 2 aromatic heterocycles. The third-order valence-electron chi connectivity index (χ3n) is 4.39. The smallest absolute Gasteiger partial charge is 0.315 e. The molecule has 7 nitrogen and oxygen atoms in total. The molecule has 25 heavy (non-hydrogen) atoms. The quantitative estimate of drug-likeness (QED) is 0.841. The molecular formula is C18H26N6O. The lowest BCUT2D eigenvalue weighted by molar-refractivity contribution is 0.203. The Labute approximate surface area is 148 Å². The molecule has 134 valence electrons. The Morgan fingerprint density at radius 2 is 2.12 bits per heavy atom. The summed E-state index contributed by atoms with van der Waals surface area (Å²) < 4.78 is 1.84.